The first-order chi connectivity index (χ1) is 8.26. The highest BCUT2D eigenvalue weighted by molar-refractivity contribution is 5.54. The van der Waals surface area contributed by atoms with Crippen molar-refractivity contribution < 1.29 is 4.79 Å². The third-order valence-electron chi connectivity index (χ3n) is 2.80. The molecule has 0 radical (unpaired) electrons. The third-order valence-corrected chi connectivity index (χ3v) is 2.80. The lowest BCUT2D eigenvalue weighted by Gasteiger charge is -2.03. The highest BCUT2D eigenvalue weighted by Gasteiger charge is 2.00. The normalized spacial score (nSPS) is 12.8. The van der Waals surface area contributed by atoms with Crippen molar-refractivity contribution in [2.24, 2.45) is 5.92 Å². The zero-order chi connectivity index (χ0) is 12.5. The first kappa shape index (κ1) is 13.7. The molecule has 0 N–H and O–H groups in total. The zero-order valence-electron chi connectivity index (χ0n) is 10.9. The number of carbonyl (C=O) groups excluding carboxylic acids is 1. The van der Waals surface area contributed by atoms with E-state index in [1.165, 1.54) is 24.0 Å². The summed E-state index contributed by atoms with van der Waals surface area (Å²) in [6, 6.07) is 8.46. The van der Waals surface area contributed by atoms with E-state index >= 15 is 0 Å². The monoisotopic (exact) mass is 230 g/mol. The largest absolute Gasteiger partial charge is 0.303 e. The Balaban J connectivity index is 2.49. The maximum absolute atomic E-state index is 10.6. The number of allylic oxidation sites excluding steroid dienone is 1. The van der Waals surface area contributed by atoms with Gasteiger partial charge in [-0.15, -0.1) is 0 Å². The van der Waals surface area contributed by atoms with Crippen molar-refractivity contribution in [1.29, 1.82) is 0 Å². The molecule has 92 valence electrons. The Hall–Kier alpha value is -1.37. The fourth-order valence-corrected chi connectivity index (χ4v) is 1.73. The fourth-order valence-electron chi connectivity index (χ4n) is 1.73. The predicted octanol–water partition coefficient (Wildman–Crippen LogP) is 4.27. The fraction of sp³-hybridized carbons (Fsp3) is 0.438. The summed E-state index contributed by atoms with van der Waals surface area (Å²) >= 11 is 0. The van der Waals surface area contributed by atoms with Crippen LogP contribution in [0, 0.1) is 5.92 Å². The molecule has 1 unspecified atom stereocenters. The van der Waals surface area contributed by atoms with Gasteiger partial charge in [0.2, 0.25) is 0 Å². The van der Waals surface area contributed by atoms with Gasteiger partial charge in [-0.05, 0) is 24.0 Å². The van der Waals surface area contributed by atoms with Crippen LogP contribution in [0.25, 0.3) is 6.08 Å². The number of aldehydes is 1. The van der Waals surface area contributed by atoms with Crippen LogP contribution in [0.3, 0.4) is 0 Å². The summed E-state index contributed by atoms with van der Waals surface area (Å²) in [6.07, 6.45) is 9.90. The van der Waals surface area contributed by atoms with Gasteiger partial charge in [0, 0.05) is 5.92 Å². The predicted molar refractivity (Wildman–Crippen MR) is 73.9 cm³/mol. The summed E-state index contributed by atoms with van der Waals surface area (Å²) in [5.41, 5.74) is 2.47. The average Bonchev–Trinajstić information content (AvgIpc) is 2.36. The topological polar surface area (TPSA) is 17.1 Å². The summed E-state index contributed by atoms with van der Waals surface area (Å²) in [5, 5.41) is 0. The lowest BCUT2D eigenvalue weighted by molar-refractivity contribution is -0.110. The average molecular weight is 230 g/mol. The Labute approximate surface area is 105 Å². The second kappa shape index (κ2) is 7.83. The molecule has 1 heteroatoms. The molecule has 1 aromatic carbocycles. The molecule has 0 heterocycles. The highest BCUT2D eigenvalue weighted by atomic mass is 16.1. The van der Waals surface area contributed by atoms with Gasteiger partial charge in [-0.3, -0.25) is 0 Å². The first-order valence-electron chi connectivity index (χ1n) is 6.47. The molecule has 0 saturated carbocycles. The molecule has 17 heavy (non-hydrogen) atoms. The Morgan fingerprint density at radius 3 is 2.53 bits per heavy atom. The van der Waals surface area contributed by atoms with Crippen LogP contribution in [0.4, 0.5) is 0 Å². The molecule has 0 aliphatic heterocycles. The smallest absolute Gasteiger partial charge is 0.123 e. The van der Waals surface area contributed by atoms with E-state index in [-0.39, 0.29) is 5.92 Å². The van der Waals surface area contributed by atoms with Gasteiger partial charge in [-0.2, -0.15) is 0 Å². The summed E-state index contributed by atoms with van der Waals surface area (Å²) in [6.45, 7) is 4.16. The number of carbonyl (C=O) groups is 1. The van der Waals surface area contributed by atoms with Gasteiger partial charge in [-0.25, -0.2) is 0 Å². The van der Waals surface area contributed by atoms with Gasteiger partial charge >= 0.3 is 0 Å². The summed E-state index contributed by atoms with van der Waals surface area (Å²) in [5.74, 6) is 0.112. The molecule has 0 saturated heterocycles. The van der Waals surface area contributed by atoms with Crippen molar-refractivity contribution in [3.8, 4) is 0 Å². The molecule has 1 nitrogen and oxygen atoms in total. The zero-order valence-corrected chi connectivity index (χ0v) is 10.9. The molecule has 0 aliphatic carbocycles. The lowest BCUT2D eigenvalue weighted by atomic mass is 10.0. The number of hydrogen-bond donors (Lipinski definition) is 0. The van der Waals surface area contributed by atoms with Gasteiger partial charge < -0.3 is 4.79 Å². The first-order valence-corrected chi connectivity index (χ1v) is 6.47. The Kier molecular flexibility index (Phi) is 6.31. The van der Waals surface area contributed by atoms with E-state index < -0.39 is 0 Å². The van der Waals surface area contributed by atoms with Crippen molar-refractivity contribution in [3.63, 3.8) is 0 Å². The van der Waals surface area contributed by atoms with E-state index in [1.807, 2.05) is 6.92 Å². The molecule has 1 atom stereocenters. The molecule has 1 rings (SSSR count). The summed E-state index contributed by atoms with van der Waals surface area (Å²) < 4.78 is 0. The molecule has 0 bridgehead atoms. The van der Waals surface area contributed by atoms with E-state index in [4.69, 9.17) is 0 Å². The van der Waals surface area contributed by atoms with Crippen LogP contribution in [-0.4, -0.2) is 6.29 Å². The molecule has 0 fully saturated rings. The standard InChI is InChI=1S/C16H22O/c1-3-4-5-6-7-15-8-10-16(11-9-15)12-14(2)13-17/h6-11,13-14H,3-5,12H2,1-2H3/b7-6+. The van der Waals surface area contributed by atoms with Gasteiger partial charge in [0.1, 0.15) is 6.29 Å². The Morgan fingerprint density at radius 1 is 1.24 bits per heavy atom. The van der Waals surface area contributed by atoms with E-state index in [2.05, 4.69) is 43.3 Å². The maximum Gasteiger partial charge on any atom is 0.123 e. The number of benzene rings is 1. The van der Waals surface area contributed by atoms with E-state index in [0.717, 1.165) is 19.1 Å². The number of rotatable bonds is 7. The van der Waals surface area contributed by atoms with E-state index in [1.54, 1.807) is 0 Å². The molecule has 0 amide bonds. The van der Waals surface area contributed by atoms with Gasteiger partial charge in [-0.1, -0.05) is 63.1 Å². The molecule has 0 aliphatic rings. The minimum atomic E-state index is 0.112. The SMILES string of the molecule is CCCC/C=C/c1ccc(CC(C)C=O)cc1. The van der Waals surface area contributed by atoms with Gasteiger partial charge in [0.05, 0.1) is 0 Å². The number of hydrogen-bond acceptors (Lipinski definition) is 1. The molecule has 1 aromatic rings. The summed E-state index contributed by atoms with van der Waals surface area (Å²) in [4.78, 5) is 10.6. The van der Waals surface area contributed by atoms with E-state index in [0.29, 0.717) is 0 Å². The van der Waals surface area contributed by atoms with Crippen LogP contribution < -0.4 is 0 Å². The van der Waals surface area contributed by atoms with E-state index in [9.17, 15) is 4.79 Å². The quantitative estimate of drug-likeness (QED) is 0.505. The molecule has 0 aromatic heterocycles. The van der Waals surface area contributed by atoms with Crippen LogP contribution >= 0.6 is 0 Å². The highest BCUT2D eigenvalue weighted by Crippen LogP contribution is 2.11. The van der Waals surface area contributed by atoms with Crippen molar-refractivity contribution in [1.82, 2.24) is 0 Å². The second-order valence-corrected chi connectivity index (χ2v) is 4.60. The Bertz CT molecular complexity index is 348. The third kappa shape index (κ3) is 5.48. The molecular formula is C16H22O. The molecule has 0 spiro atoms. The minimum Gasteiger partial charge on any atom is -0.303 e. The Morgan fingerprint density at radius 2 is 1.94 bits per heavy atom. The van der Waals surface area contributed by atoms with Crippen LogP contribution in [-0.2, 0) is 11.2 Å². The lowest BCUT2D eigenvalue weighted by Crippen LogP contribution is -2.00. The van der Waals surface area contributed by atoms with Crippen LogP contribution in [0.15, 0.2) is 30.3 Å². The van der Waals surface area contributed by atoms with Crippen molar-refractivity contribution in [2.45, 2.75) is 39.5 Å². The van der Waals surface area contributed by atoms with Crippen molar-refractivity contribution in [3.05, 3.63) is 41.5 Å². The van der Waals surface area contributed by atoms with Gasteiger partial charge in [0.25, 0.3) is 0 Å². The number of unbranched alkanes of at least 4 members (excludes halogenated alkanes) is 2. The molecular weight excluding hydrogens is 208 g/mol. The van der Waals surface area contributed by atoms with Gasteiger partial charge in [0.15, 0.2) is 0 Å². The van der Waals surface area contributed by atoms with Crippen LogP contribution in [0.1, 0.15) is 44.2 Å². The minimum absolute atomic E-state index is 0.112. The second-order valence-electron chi connectivity index (χ2n) is 4.60. The van der Waals surface area contributed by atoms with Crippen molar-refractivity contribution in [2.75, 3.05) is 0 Å². The maximum atomic E-state index is 10.6. The van der Waals surface area contributed by atoms with Crippen LogP contribution in [0.2, 0.25) is 0 Å². The summed E-state index contributed by atoms with van der Waals surface area (Å²) in [7, 11) is 0. The van der Waals surface area contributed by atoms with Crippen molar-refractivity contribution >= 4 is 12.4 Å². The van der Waals surface area contributed by atoms with Crippen LogP contribution in [0.5, 0.6) is 0 Å².